The maximum Gasteiger partial charge on any atom is 0.251 e. The van der Waals surface area contributed by atoms with E-state index in [0.29, 0.717) is 31.7 Å². The Balaban J connectivity index is 2.79. The molecule has 0 aliphatic heterocycles. The average molecular weight is 342 g/mol. The Morgan fingerprint density at radius 1 is 1.35 bits per heavy atom. The fourth-order valence-corrected chi connectivity index (χ4v) is 3.28. The molecule has 0 fully saturated rings. The predicted molar refractivity (Wildman–Crippen MR) is 90.0 cm³/mol. The Bertz CT molecular complexity index is 614. The van der Waals surface area contributed by atoms with Crippen molar-refractivity contribution >= 4 is 15.9 Å². The summed E-state index contributed by atoms with van der Waals surface area (Å²) in [5.74, 6) is -0.286. The third-order valence-electron chi connectivity index (χ3n) is 3.46. The van der Waals surface area contributed by atoms with Crippen molar-refractivity contribution in [1.82, 2.24) is 9.62 Å². The second-order valence-corrected chi connectivity index (χ2v) is 7.45. The minimum absolute atomic E-state index is 0.121. The van der Waals surface area contributed by atoms with Crippen molar-refractivity contribution in [2.45, 2.75) is 38.1 Å². The molecule has 0 unspecified atom stereocenters. The topological polar surface area (TPSA) is 75.7 Å². The zero-order chi connectivity index (χ0) is 17.5. The second-order valence-electron chi connectivity index (χ2n) is 5.45. The van der Waals surface area contributed by atoms with Crippen LogP contribution in [0.15, 0.2) is 29.2 Å². The number of rotatable bonds is 9. The van der Waals surface area contributed by atoms with Crippen LogP contribution in [0.4, 0.5) is 0 Å². The van der Waals surface area contributed by atoms with Gasteiger partial charge in [0.1, 0.15) is 0 Å². The van der Waals surface area contributed by atoms with E-state index in [2.05, 4.69) is 5.32 Å². The van der Waals surface area contributed by atoms with Crippen LogP contribution in [0.3, 0.4) is 0 Å². The quantitative estimate of drug-likeness (QED) is 0.695. The van der Waals surface area contributed by atoms with Gasteiger partial charge in [-0.25, -0.2) is 8.42 Å². The first-order valence-electron chi connectivity index (χ1n) is 7.74. The van der Waals surface area contributed by atoms with Crippen LogP contribution in [-0.2, 0) is 14.8 Å². The molecule has 0 saturated carbocycles. The van der Waals surface area contributed by atoms with Gasteiger partial charge in [-0.05, 0) is 45.4 Å². The molecule has 0 bridgehead atoms. The highest BCUT2D eigenvalue weighted by Gasteiger charge is 2.23. The predicted octanol–water partition coefficient (Wildman–Crippen LogP) is 1.87. The SMILES string of the molecule is CCOCCCNC(=O)c1cccc(S(=O)(=O)N(C)C(C)C)c1. The van der Waals surface area contributed by atoms with Gasteiger partial charge in [-0.3, -0.25) is 4.79 Å². The lowest BCUT2D eigenvalue weighted by Gasteiger charge is -2.21. The zero-order valence-electron chi connectivity index (χ0n) is 14.2. The Hall–Kier alpha value is -1.44. The molecule has 1 N–H and O–H groups in total. The number of hydrogen-bond acceptors (Lipinski definition) is 4. The first kappa shape index (κ1) is 19.6. The summed E-state index contributed by atoms with van der Waals surface area (Å²) in [6.07, 6.45) is 0.716. The maximum absolute atomic E-state index is 12.5. The van der Waals surface area contributed by atoms with Gasteiger partial charge in [-0.1, -0.05) is 6.07 Å². The van der Waals surface area contributed by atoms with Crippen LogP contribution in [0.25, 0.3) is 0 Å². The summed E-state index contributed by atoms with van der Waals surface area (Å²) in [5, 5.41) is 2.76. The van der Waals surface area contributed by atoms with Crippen molar-refractivity contribution in [3.8, 4) is 0 Å². The molecule has 23 heavy (non-hydrogen) atoms. The number of ether oxygens (including phenoxy) is 1. The fraction of sp³-hybridized carbons (Fsp3) is 0.562. The van der Waals surface area contributed by atoms with Gasteiger partial charge in [-0.2, -0.15) is 4.31 Å². The smallest absolute Gasteiger partial charge is 0.251 e. The van der Waals surface area contributed by atoms with E-state index in [1.54, 1.807) is 26.0 Å². The molecule has 0 heterocycles. The van der Waals surface area contributed by atoms with Gasteiger partial charge in [0.25, 0.3) is 5.91 Å². The van der Waals surface area contributed by atoms with Gasteiger partial charge in [0.05, 0.1) is 4.90 Å². The van der Waals surface area contributed by atoms with Crippen LogP contribution in [0.1, 0.15) is 37.6 Å². The summed E-state index contributed by atoms with van der Waals surface area (Å²) in [6.45, 7) is 7.24. The standard InChI is InChI=1S/C16H26N2O4S/c1-5-22-11-7-10-17-16(19)14-8-6-9-15(12-14)23(20,21)18(4)13(2)3/h6,8-9,12-13H,5,7,10-11H2,1-4H3,(H,17,19). The van der Waals surface area contributed by atoms with Gasteiger partial charge < -0.3 is 10.1 Å². The molecule has 6 nitrogen and oxygen atoms in total. The van der Waals surface area contributed by atoms with Crippen LogP contribution in [0.5, 0.6) is 0 Å². The molecule has 1 rings (SSSR count). The molecule has 1 aromatic rings. The minimum Gasteiger partial charge on any atom is -0.382 e. The molecule has 0 aliphatic rings. The van der Waals surface area contributed by atoms with Gasteiger partial charge in [0, 0.05) is 38.4 Å². The summed E-state index contributed by atoms with van der Waals surface area (Å²) < 4.78 is 31.4. The number of carbonyl (C=O) groups excluding carboxylic acids is 1. The van der Waals surface area contributed by atoms with Gasteiger partial charge in [0.15, 0.2) is 0 Å². The van der Waals surface area contributed by atoms with Crippen LogP contribution in [-0.4, -0.2) is 51.5 Å². The highest BCUT2D eigenvalue weighted by molar-refractivity contribution is 7.89. The van der Waals surface area contributed by atoms with Crippen molar-refractivity contribution in [1.29, 1.82) is 0 Å². The number of amides is 1. The number of hydrogen-bond donors (Lipinski definition) is 1. The van der Waals surface area contributed by atoms with E-state index in [1.807, 2.05) is 6.92 Å². The molecule has 0 aliphatic carbocycles. The molecular weight excluding hydrogens is 316 g/mol. The molecule has 0 spiro atoms. The summed E-state index contributed by atoms with van der Waals surface area (Å²) in [7, 11) is -2.07. The summed E-state index contributed by atoms with van der Waals surface area (Å²) in [6, 6.07) is 5.94. The minimum atomic E-state index is -3.59. The largest absolute Gasteiger partial charge is 0.382 e. The van der Waals surface area contributed by atoms with Crippen molar-refractivity contribution in [3.63, 3.8) is 0 Å². The van der Waals surface area contributed by atoms with E-state index in [1.165, 1.54) is 23.5 Å². The fourth-order valence-electron chi connectivity index (χ4n) is 1.86. The molecule has 7 heteroatoms. The number of carbonyl (C=O) groups is 1. The lowest BCUT2D eigenvalue weighted by Crippen LogP contribution is -2.33. The first-order chi connectivity index (χ1) is 10.8. The van der Waals surface area contributed by atoms with Crippen molar-refractivity contribution in [2.75, 3.05) is 26.8 Å². The van der Waals surface area contributed by atoms with Crippen molar-refractivity contribution < 1.29 is 17.9 Å². The van der Waals surface area contributed by atoms with Crippen molar-refractivity contribution in [3.05, 3.63) is 29.8 Å². The van der Waals surface area contributed by atoms with Crippen LogP contribution >= 0.6 is 0 Å². The molecule has 1 aromatic carbocycles. The second kappa shape index (κ2) is 9.00. The molecule has 0 atom stereocenters. The zero-order valence-corrected chi connectivity index (χ0v) is 15.0. The molecule has 0 saturated heterocycles. The Labute approximate surface area is 138 Å². The van der Waals surface area contributed by atoms with E-state index < -0.39 is 10.0 Å². The number of nitrogens with one attached hydrogen (secondary N) is 1. The van der Waals surface area contributed by atoms with Crippen LogP contribution in [0, 0.1) is 0 Å². The number of benzene rings is 1. The molecular formula is C16H26N2O4S. The lowest BCUT2D eigenvalue weighted by molar-refractivity contribution is 0.0944. The van der Waals surface area contributed by atoms with E-state index in [-0.39, 0.29) is 16.8 Å². The van der Waals surface area contributed by atoms with E-state index in [0.717, 1.165) is 0 Å². The Morgan fingerprint density at radius 3 is 2.65 bits per heavy atom. The van der Waals surface area contributed by atoms with E-state index in [9.17, 15) is 13.2 Å². The van der Waals surface area contributed by atoms with Crippen LogP contribution < -0.4 is 5.32 Å². The average Bonchev–Trinajstić information content (AvgIpc) is 2.53. The monoisotopic (exact) mass is 342 g/mol. The normalized spacial score (nSPS) is 11.9. The maximum atomic E-state index is 12.5. The molecule has 0 aromatic heterocycles. The van der Waals surface area contributed by atoms with Crippen molar-refractivity contribution in [2.24, 2.45) is 0 Å². The van der Waals surface area contributed by atoms with E-state index in [4.69, 9.17) is 4.74 Å². The number of nitrogens with zero attached hydrogens (tertiary/aromatic N) is 1. The Morgan fingerprint density at radius 2 is 2.04 bits per heavy atom. The lowest BCUT2D eigenvalue weighted by atomic mass is 10.2. The number of sulfonamides is 1. The summed E-state index contributed by atoms with van der Waals surface area (Å²) in [4.78, 5) is 12.2. The third kappa shape index (κ3) is 5.60. The van der Waals surface area contributed by atoms with E-state index >= 15 is 0 Å². The van der Waals surface area contributed by atoms with Crippen LogP contribution in [0.2, 0.25) is 0 Å². The van der Waals surface area contributed by atoms with Gasteiger partial charge >= 0.3 is 0 Å². The van der Waals surface area contributed by atoms with Gasteiger partial charge in [-0.15, -0.1) is 0 Å². The molecule has 0 radical (unpaired) electrons. The highest BCUT2D eigenvalue weighted by atomic mass is 32.2. The third-order valence-corrected chi connectivity index (χ3v) is 5.49. The summed E-state index contributed by atoms with van der Waals surface area (Å²) >= 11 is 0. The highest BCUT2D eigenvalue weighted by Crippen LogP contribution is 2.17. The first-order valence-corrected chi connectivity index (χ1v) is 9.18. The summed E-state index contributed by atoms with van der Waals surface area (Å²) in [5.41, 5.74) is 0.333. The Kier molecular flexibility index (Phi) is 7.67. The van der Waals surface area contributed by atoms with Gasteiger partial charge in [0.2, 0.25) is 10.0 Å². The molecule has 1 amide bonds. The molecule has 130 valence electrons.